The molecule has 3 rings (SSSR count). The Morgan fingerprint density at radius 1 is 1.34 bits per heavy atom. The number of amides is 1. The first-order chi connectivity index (χ1) is 13.8. The Bertz CT molecular complexity index is 1100. The van der Waals surface area contributed by atoms with Crippen LogP contribution in [-0.4, -0.2) is 34.6 Å². The Hall–Kier alpha value is -2.52. The highest BCUT2D eigenvalue weighted by molar-refractivity contribution is 7.19. The summed E-state index contributed by atoms with van der Waals surface area (Å²) in [6, 6.07) is 3.24. The van der Waals surface area contributed by atoms with Gasteiger partial charge in [0.05, 0.1) is 18.8 Å². The first-order valence-electron chi connectivity index (χ1n) is 9.26. The standard InChI is InChI=1S/C20H23N3O4S2/c1-5-11(2)17(20(26)27-4)22-15(24)8-23-10-21-18-16(19(23)25)13(9-28-18)14-7-6-12(3)29-14/h6-7,9-11,17H,5,8H2,1-4H3,(H,22,24). The van der Waals surface area contributed by atoms with Gasteiger partial charge in [0.1, 0.15) is 17.4 Å². The van der Waals surface area contributed by atoms with Crippen LogP contribution in [0.25, 0.3) is 20.7 Å². The summed E-state index contributed by atoms with van der Waals surface area (Å²) >= 11 is 3.01. The summed E-state index contributed by atoms with van der Waals surface area (Å²) in [6.45, 7) is 5.59. The van der Waals surface area contributed by atoms with Gasteiger partial charge in [-0.2, -0.15) is 0 Å². The highest BCUT2D eigenvalue weighted by Gasteiger charge is 2.27. The van der Waals surface area contributed by atoms with Crippen LogP contribution >= 0.6 is 22.7 Å². The maximum Gasteiger partial charge on any atom is 0.328 e. The molecule has 29 heavy (non-hydrogen) atoms. The summed E-state index contributed by atoms with van der Waals surface area (Å²) in [6.07, 6.45) is 2.08. The van der Waals surface area contributed by atoms with Gasteiger partial charge < -0.3 is 10.1 Å². The molecule has 7 nitrogen and oxygen atoms in total. The van der Waals surface area contributed by atoms with Crippen LogP contribution in [0.15, 0.2) is 28.6 Å². The number of aryl methyl sites for hydroxylation is 1. The van der Waals surface area contributed by atoms with E-state index >= 15 is 0 Å². The quantitative estimate of drug-likeness (QED) is 0.578. The number of hydrogen-bond donors (Lipinski definition) is 1. The van der Waals surface area contributed by atoms with Crippen LogP contribution in [0.2, 0.25) is 0 Å². The maximum absolute atomic E-state index is 13.1. The van der Waals surface area contributed by atoms with E-state index in [2.05, 4.69) is 10.3 Å². The van der Waals surface area contributed by atoms with E-state index < -0.39 is 17.9 Å². The number of thiophene rings is 2. The lowest BCUT2D eigenvalue weighted by atomic mass is 9.99. The third-order valence-electron chi connectivity index (χ3n) is 4.87. The van der Waals surface area contributed by atoms with Crippen LogP contribution in [0.4, 0.5) is 0 Å². The van der Waals surface area contributed by atoms with E-state index in [4.69, 9.17) is 4.74 Å². The zero-order chi connectivity index (χ0) is 21.1. The van der Waals surface area contributed by atoms with Gasteiger partial charge in [0.2, 0.25) is 5.91 Å². The molecule has 0 spiro atoms. The SMILES string of the molecule is CCC(C)C(NC(=O)Cn1cnc2scc(-c3ccc(C)s3)c2c1=O)C(=O)OC. The van der Waals surface area contributed by atoms with Gasteiger partial charge in [-0.15, -0.1) is 22.7 Å². The number of hydrogen-bond acceptors (Lipinski definition) is 7. The second-order valence-electron chi connectivity index (χ2n) is 6.87. The van der Waals surface area contributed by atoms with Gasteiger partial charge in [0, 0.05) is 20.7 Å². The predicted molar refractivity (Wildman–Crippen MR) is 115 cm³/mol. The third kappa shape index (κ3) is 4.40. The summed E-state index contributed by atoms with van der Waals surface area (Å²) in [5, 5.41) is 5.12. The monoisotopic (exact) mass is 433 g/mol. The predicted octanol–water partition coefficient (Wildman–Crippen LogP) is 3.20. The number of carbonyl (C=O) groups excluding carboxylic acids is 2. The molecule has 0 saturated carbocycles. The summed E-state index contributed by atoms with van der Waals surface area (Å²) < 4.78 is 6.07. The average molecular weight is 434 g/mol. The molecule has 0 bridgehead atoms. The van der Waals surface area contributed by atoms with Gasteiger partial charge in [0.15, 0.2) is 0 Å². The third-order valence-corrected chi connectivity index (χ3v) is 6.79. The molecule has 0 radical (unpaired) electrons. The average Bonchev–Trinajstić information content (AvgIpc) is 3.33. The second-order valence-corrected chi connectivity index (χ2v) is 9.02. The topological polar surface area (TPSA) is 90.3 Å². The lowest BCUT2D eigenvalue weighted by Crippen LogP contribution is -2.47. The first-order valence-corrected chi connectivity index (χ1v) is 11.0. The molecule has 0 saturated heterocycles. The number of fused-ring (bicyclic) bond motifs is 1. The number of rotatable bonds is 7. The summed E-state index contributed by atoms with van der Waals surface area (Å²) in [7, 11) is 1.29. The van der Waals surface area contributed by atoms with Crippen LogP contribution < -0.4 is 10.9 Å². The van der Waals surface area contributed by atoms with E-state index in [1.54, 1.807) is 11.3 Å². The Balaban J connectivity index is 1.88. The van der Waals surface area contributed by atoms with Crippen molar-refractivity contribution in [3.8, 4) is 10.4 Å². The molecule has 3 aromatic rings. The minimum atomic E-state index is -0.754. The van der Waals surface area contributed by atoms with Gasteiger partial charge in [-0.25, -0.2) is 9.78 Å². The molecule has 0 aromatic carbocycles. The number of methoxy groups -OCH3 is 1. The number of aromatic nitrogens is 2. The molecule has 0 aliphatic carbocycles. The van der Waals surface area contributed by atoms with Crippen LogP contribution in [0.5, 0.6) is 0 Å². The molecule has 3 aromatic heterocycles. The smallest absolute Gasteiger partial charge is 0.328 e. The van der Waals surface area contributed by atoms with Crippen LogP contribution in [0.1, 0.15) is 25.1 Å². The molecule has 0 aliphatic heterocycles. The van der Waals surface area contributed by atoms with E-state index in [0.717, 1.165) is 15.3 Å². The van der Waals surface area contributed by atoms with Crippen LogP contribution in [0.3, 0.4) is 0 Å². The van der Waals surface area contributed by atoms with E-state index in [0.29, 0.717) is 16.6 Å². The van der Waals surface area contributed by atoms with Gasteiger partial charge in [-0.1, -0.05) is 20.3 Å². The highest BCUT2D eigenvalue weighted by atomic mass is 32.1. The van der Waals surface area contributed by atoms with E-state index in [1.807, 2.05) is 38.3 Å². The second kappa shape index (κ2) is 8.87. The minimum Gasteiger partial charge on any atom is -0.467 e. The molecule has 1 N–H and O–H groups in total. The zero-order valence-electron chi connectivity index (χ0n) is 16.7. The lowest BCUT2D eigenvalue weighted by molar-refractivity contribution is -0.146. The Morgan fingerprint density at radius 3 is 2.72 bits per heavy atom. The lowest BCUT2D eigenvalue weighted by Gasteiger charge is -2.22. The van der Waals surface area contributed by atoms with Crippen molar-refractivity contribution in [2.45, 2.75) is 39.8 Å². The summed E-state index contributed by atoms with van der Waals surface area (Å²) in [4.78, 5) is 44.7. The van der Waals surface area contributed by atoms with Gasteiger partial charge >= 0.3 is 5.97 Å². The molecule has 154 valence electrons. The summed E-state index contributed by atoms with van der Waals surface area (Å²) in [5.74, 6) is -1.02. The highest BCUT2D eigenvalue weighted by Crippen LogP contribution is 2.34. The fourth-order valence-electron chi connectivity index (χ4n) is 3.01. The van der Waals surface area contributed by atoms with Crippen molar-refractivity contribution < 1.29 is 14.3 Å². The van der Waals surface area contributed by atoms with Crippen LogP contribution in [0, 0.1) is 12.8 Å². The first kappa shape index (κ1) is 21.2. The van der Waals surface area contributed by atoms with E-state index in [-0.39, 0.29) is 18.0 Å². The number of nitrogens with one attached hydrogen (secondary N) is 1. The molecule has 0 aliphatic rings. The van der Waals surface area contributed by atoms with Crippen LogP contribution in [-0.2, 0) is 20.9 Å². The Labute approximate surface area is 176 Å². The largest absolute Gasteiger partial charge is 0.467 e. The van der Waals surface area contributed by atoms with Gasteiger partial charge in [-0.3, -0.25) is 14.2 Å². The molecule has 0 fully saturated rings. The molecule has 9 heteroatoms. The number of nitrogens with zero attached hydrogens (tertiary/aromatic N) is 2. The van der Waals surface area contributed by atoms with Gasteiger partial charge in [0.25, 0.3) is 5.56 Å². The van der Waals surface area contributed by atoms with Crippen molar-refractivity contribution in [2.24, 2.45) is 5.92 Å². The van der Waals surface area contributed by atoms with Crippen molar-refractivity contribution >= 4 is 44.8 Å². The molecule has 1 amide bonds. The normalized spacial score (nSPS) is 13.2. The number of ether oxygens (including phenoxy) is 1. The zero-order valence-corrected chi connectivity index (χ0v) is 18.4. The van der Waals surface area contributed by atoms with Crippen molar-refractivity contribution in [3.63, 3.8) is 0 Å². The Morgan fingerprint density at radius 2 is 2.10 bits per heavy atom. The molecule has 2 atom stereocenters. The number of carbonyl (C=O) groups is 2. The molecular formula is C20H23N3O4S2. The summed E-state index contributed by atoms with van der Waals surface area (Å²) in [5.41, 5.74) is 0.563. The van der Waals surface area contributed by atoms with E-state index in [1.165, 1.54) is 29.3 Å². The fourth-order valence-corrected chi connectivity index (χ4v) is 4.87. The van der Waals surface area contributed by atoms with Gasteiger partial charge in [-0.05, 0) is 25.0 Å². The Kier molecular flexibility index (Phi) is 6.49. The van der Waals surface area contributed by atoms with Crippen molar-refractivity contribution in [1.29, 1.82) is 0 Å². The van der Waals surface area contributed by atoms with Crippen molar-refractivity contribution in [2.75, 3.05) is 7.11 Å². The van der Waals surface area contributed by atoms with E-state index in [9.17, 15) is 14.4 Å². The number of esters is 1. The molecular weight excluding hydrogens is 410 g/mol. The maximum atomic E-state index is 13.1. The fraction of sp³-hybridized carbons (Fsp3) is 0.400. The van der Waals surface area contributed by atoms with Crippen molar-refractivity contribution in [1.82, 2.24) is 14.9 Å². The van der Waals surface area contributed by atoms with Crippen molar-refractivity contribution in [3.05, 3.63) is 39.1 Å². The molecule has 2 unspecified atom stereocenters. The minimum absolute atomic E-state index is 0.0886. The molecule has 3 heterocycles.